The first-order valence-corrected chi connectivity index (χ1v) is 6.88. The molecule has 1 aromatic carbocycles. The Kier molecular flexibility index (Phi) is 4.33. The summed E-state index contributed by atoms with van der Waals surface area (Å²) in [6.45, 7) is 2.46. The SMILES string of the molecule is Cc1cnc(CNC(=O)c2ccc(CCl)cc2)s1. The fraction of sp³-hybridized carbons (Fsp3) is 0.231. The molecule has 1 N–H and O–H groups in total. The van der Waals surface area contributed by atoms with Crippen molar-refractivity contribution < 1.29 is 4.79 Å². The van der Waals surface area contributed by atoms with Gasteiger partial charge in [0.05, 0.1) is 6.54 Å². The second-order valence-electron chi connectivity index (χ2n) is 3.88. The van der Waals surface area contributed by atoms with E-state index in [4.69, 9.17) is 11.6 Å². The maximum atomic E-state index is 11.9. The summed E-state index contributed by atoms with van der Waals surface area (Å²) in [5.74, 6) is 0.365. The number of benzene rings is 1. The Labute approximate surface area is 115 Å². The van der Waals surface area contributed by atoms with Gasteiger partial charge in [-0.3, -0.25) is 4.79 Å². The van der Waals surface area contributed by atoms with Crippen LogP contribution in [-0.2, 0) is 12.4 Å². The number of halogens is 1. The van der Waals surface area contributed by atoms with Crippen LogP contribution in [0.3, 0.4) is 0 Å². The number of alkyl halides is 1. The Hall–Kier alpha value is -1.39. The van der Waals surface area contributed by atoms with E-state index in [0.29, 0.717) is 18.0 Å². The van der Waals surface area contributed by atoms with Crippen molar-refractivity contribution in [2.45, 2.75) is 19.3 Å². The molecule has 5 heteroatoms. The predicted molar refractivity (Wildman–Crippen MR) is 74.0 cm³/mol. The normalized spacial score (nSPS) is 10.3. The lowest BCUT2D eigenvalue weighted by atomic mass is 10.1. The molecule has 0 atom stereocenters. The molecule has 0 saturated heterocycles. The van der Waals surface area contributed by atoms with E-state index in [-0.39, 0.29) is 5.91 Å². The van der Waals surface area contributed by atoms with Crippen molar-refractivity contribution in [2.75, 3.05) is 0 Å². The van der Waals surface area contributed by atoms with Gasteiger partial charge in [0.15, 0.2) is 0 Å². The lowest BCUT2D eigenvalue weighted by molar-refractivity contribution is 0.0951. The average molecular weight is 281 g/mol. The Morgan fingerprint density at radius 2 is 2.11 bits per heavy atom. The van der Waals surface area contributed by atoms with Crippen LogP contribution in [0, 0.1) is 6.92 Å². The van der Waals surface area contributed by atoms with E-state index in [2.05, 4.69) is 10.3 Å². The predicted octanol–water partition coefficient (Wildman–Crippen LogP) is 3.12. The highest BCUT2D eigenvalue weighted by molar-refractivity contribution is 7.11. The number of nitrogens with one attached hydrogen (secondary N) is 1. The minimum absolute atomic E-state index is 0.0935. The van der Waals surface area contributed by atoms with Crippen LogP contribution in [0.25, 0.3) is 0 Å². The Bertz CT molecular complexity index is 536. The smallest absolute Gasteiger partial charge is 0.251 e. The van der Waals surface area contributed by atoms with Gasteiger partial charge in [0.1, 0.15) is 5.01 Å². The lowest BCUT2D eigenvalue weighted by Gasteiger charge is -2.03. The quantitative estimate of drug-likeness (QED) is 0.875. The van der Waals surface area contributed by atoms with Gasteiger partial charge in [-0.1, -0.05) is 12.1 Å². The standard InChI is InChI=1S/C13H13ClN2OS/c1-9-7-15-12(18-9)8-16-13(17)11-4-2-10(6-14)3-5-11/h2-5,7H,6,8H2,1H3,(H,16,17). The third-order valence-electron chi connectivity index (χ3n) is 2.44. The van der Waals surface area contributed by atoms with E-state index in [9.17, 15) is 4.79 Å². The Morgan fingerprint density at radius 1 is 1.39 bits per heavy atom. The van der Waals surface area contributed by atoms with Crippen LogP contribution in [0.15, 0.2) is 30.5 Å². The topological polar surface area (TPSA) is 42.0 Å². The molecule has 1 amide bonds. The van der Waals surface area contributed by atoms with E-state index >= 15 is 0 Å². The highest BCUT2D eigenvalue weighted by atomic mass is 35.5. The molecule has 3 nitrogen and oxygen atoms in total. The third-order valence-corrected chi connectivity index (χ3v) is 3.66. The van der Waals surface area contributed by atoms with Gasteiger partial charge in [-0.2, -0.15) is 0 Å². The number of nitrogens with zero attached hydrogens (tertiary/aromatic N) is 1. The summed E-state index contributed by atoms with van der Waals surface area (Å²) in [6, 6.07) is 7.27. The molecule has 0 unspecified atom stereocenters. The maximum Gasteiger partial charge on any atom is 0.251 e. The molecular formula is C13H13ClN2OS. The van der Waals surface area contributed by atoms with Crippen molar-refractivity contribution in [1.29, 1.82) is 0 Å². The van der Waals surface area contributed by atoms with E-state index in [0.717, 1.165) is 15.4 Å². The molecular weight excluding hydrogens is 268 g/mol. The summed E-state index contributed by atoms with van der Waals surface area (Å²) in [6.07, 6.45) is 1.81. The van der Waals surface area contributed by atoms with E-state index in [1.807, 2.05) is 19.1 Å². The Morgan fingerprint density at radius 3 is 2.67 bits per heavy atom. The molecule has 1 heterocycles. The van der Waals surface area contributed by atoms with Crippen molar-refractivity contribution in [2.24, 2.45) is 0 Å². The van der Waals surface area contributed by atoms with Crippen molar-refractivity contribution in [1.82, 2.24) is 10.3 Å². The minimum Gasteiger partial charge on any atom is -0.346 e. The van der Waals surface area contributed by atoms with Crippen LogP contribution >= 0.6 is 22.9 Å². The first kappa shape index (κ1) is 13.1. The van der Waals surface area contributed by atoms with Crippen LogP contribution in [0.5, 0.6) is 0 Å². The maximum absolute atomic E-state index is 11.9. The van der Waals surface area contributed by atoms with Gasteiger partial charge in [-0.05, 0) is 24.6 Å². The van der Waals surface area contributed by atoms with E-state index in [1.165, 1.54) is 0 Å². The molecule has 0 saturated carbocycles. The van der Waals surface area contributed by atoms with Crippen molar-refractivity contribution in [3.05, 3.63) is 51.5 Å². The zero-order chi connectivity index (χ0) is 13.0. The monoisotopic (exact) mass is 280 g/mol. The number of thiazole rings is 1. The van der Waals surface area contributed by atoms with Gasteiger partial charge in [-0.25, -0.2) is 4.98 Å². The lowest BCUT2D eigenvalue weighted by Crippen LogP contribution is -2.22. The highest BCUT2D eigenvalue weighted by Crippen LogP contribution is 2.11. The van der Waals surface area contributed by atoms with Gasteiger partial charge in [0.2, 0.25) is 0 Å². The van der Waals surface area contributed by atoms with Crippen LogP contribution in [0.1, 0.15) is 25.8 Å². The summed E-state index contributed by atoms with van der Waals surface area (Å²) in [5, 5.41) is 3.76. The highest BCUT2D eigenvalue weighted by Gasteiger charge is 2.06. The molecule has 0 aliphatic heterocycles. The van der Waals surface area contributed by atoms with Crippen LogP contribution in [-0.4, -0.2) is 10.9 Å². The number of rotatable bonds is 4. The Balaban J connectivity index is 1.94. The molecule has 2 aromatic rings. The van der Waals surface area contributed by atoms with Gasteiger partial charge in [0.25, 0.3) is 5.91 Å². The van der Waals surface area contributed by atoms with Gasteiger partial charge < -0.3 is 5.32 Å². The number of hydrogen-bond acceptors (Lipinski definition) is 3. The fourth-order valence-corrected chi connectivity index (χ4v) is 2.39. The molecule has 18 heavy (non-hydrogen) atoms. The third kappa shape index (κ3) is 3.31. The molecule has 2 rings (SSSR count). The zero-order valence-corrected chi connectivity index (χ0v) is 11.5. The molecule has 0 radical (unpaired) electrons. The number of aryl methyl sites for hydroxylation is 1. The number of carbonyl (C=O) groups is 1. The molecule has 0 bridgehead atoms. The van der Waals surface area contributed by atoms with Gasteiger partial charge >= 0.3 is 0 Å². The number of hydrogen-bond donors (Lipinski definition) is 1. The number of carbonyl (C=O) groups excluding carboxylic acids is 1. The van der Waals surface area contributed by atoms with Crippen molar-refractivity contribution in [3.63, 3.8) is 0 Å². The van der Waals surface area contributed by atoms with Crippen LogP contribution in [0.2, 0.25) is 0 Å². The molecule has 94 valence electrons. The second-order valence-corrected chi connectivity index (χ2v) is 5.46. The first-order valence-electron chi connectivity index (χ1n) is 5.53. The zero-order valence-electron chi connectivity index (χ0n) is 9.94. The van der Waals surface area contributed by atoms with Gasteiger partial charge in [-0.15, -0.1) is 22.9 Å². The second kappa shape index (κ2) is 5.98. The summed E-state index contributed by atoms with van der Waals surface area (Å²) in [5.41, 5.74) is 1.64. The number of aromatic nitrogens is 1. The van der Waals surface area contributed by atoms with Crippen LogP contribution in [0.4, 0.5) is 0 Å². The summed E-state index contributed by atoms with van der Waals surface area (Å²) < 4.78 is 0. The van der Waals surface area contributed by atoms with Crippen molar-refractivity contribution >= 4 is 28.8 Å². The largest absolute Gasteiger partial charge is 0.346 e. The van der Waals surface area contributed by atoms with Crippen molar-refractivity contribution in [3.8, 4) is 0 Å². The molecule has 0 fully saturated rings. The summed E-state index contributed by atoms with van der Waals surface area (Å²) in [7, 11) is 0. The van der Waals surface area contributed by atoms with Gasteiger partial charge in [0, 0.05) is 22.5 Å². The number of amides is 1. The summed E-state index contributed by atoms with van der Waals surface area (Å²) in [4.78, 5) is 17.2. The van der Waals surface area contributed by atoms with E-state index in [1.54, 1.807) is 29.7 Å². The average Bonchev–Trinajstić information content (AvgIpc) is 2.82. The van der Waals surface area contributed by atoms with E-state index < -0.39 is 0 Å². The minimum atomic E-state index is -0.0935. The molecule has 0 spiro atoms. The molecule has 1 aromatic heterocycles. The van der Waals surface area contributed by atoms with Crippen LogP contribution < -0.4 is 5.32 Å². The first-order chi connectivity index (χ1) is 8.69. The molecule has 0 aliphatic carbocycles. The molecule has 0 aliphatic rings. The fourth-order valence-electron chi connectivity index (χ4n) is 1.49. The summed E-state index contributed by atoms with van der Waals surface area (Å²) >= 11 is 7.28.